The largest absolute Gasteiger partial charge is 0.395 e. The lowest BCUT2D eigenvalue weighted by Crippen LogP contribution is -2.39. The summed E-state index contributed by atoms with van der Waals surface area (Å²) in [7, 11) is 0. The standard InChI is InChI=1S/C14H22N2O3/c1-2-5-15(6-7-17)14(19)12-8-13(18)16(10-12)9-11-3-4-11/h2,11-12,17H,1,3-10H2. The van der Waals surface area contributed by atoms with Crippen LogP contribution in [0.15, 0.2) is 12.7 Å². The van der Waals surface area contributed by atoms with Crippen molar-refractivity contribution in [3.8, 4) is 0 Å². The summed E-state index contributed by atoms with van der Waals surface area (Å²) in [6.45, 7) is 5.62. The normalized spacial score (nSPS) is 22.7. The number of amides is 2. The van der Waals surface area contributed by atoms with Crippen LogP contribution in [0.5, 0.6) is 0 Å². The highest BCUT2D eigenvalue weighted by Crippen LogP contribution is 2.32. The van der Waals surface area contributed by atoms with Crippen LogP contribution >= 0.6 is 0 Å². The average Bonchev–Trinajstić information content (AvgIpc) is 3.12. The molecule has 0 radical (unpaired) electrons. The van der Waals surface area contributed by atoms with Gasteiger partial charge in [-0.2, -0.15) is 0 Å². The number of rotatable bonds is 7. The minimum Gasteiger partial charge on any atom is -0.395 e. The summed E-state index contributed by atoms with van der Waals surface area (Å²) < 4.78 is 0. The van der Waals surface area contributed by atoms with Crippen molar-refractivity contribution < 1.29 is 14.7 Å². The van der Waals surface area contributed by atoms with Crippen molar-refractivity contribution >= 4 is 11.8 Å². The van der Waals surface area contributed by atoms with Crippen LogP contribution < -0.4 is 0 Å². The van der Waals surface area contributed by atoms with Crippen molar-refractivity contribution in [1.29, 1.82) is 0 Å². The molecule has 0 spiro atoms. The maximum absolute atomic E-state index is 12.3. The lowest BCUT2D eigenvalue weighted by Gasteiger charge is -2.23. The molecule has 1 N–H and O–H groups in total. The first-order valence-corrected chi connectivity index (χ1v) is 6.94. The fourth-order valence-corrected chi connectivity index (χ4v) is 2.55. The lowest BCUT2D eigenvalue weighted by molar-refractivity contribution is -0.135. The molecule has 5 heteroatoms. The summed E-state index contributed by atoms with van der Waals surface area (Å²) in [5.41, 5.74) is 0. The fourth-order valence-electron chi connectivity index (χ4n) is 2.55. The molecule has 1 unspecified atom stereocenters. The molecule has 1 saturated carbocycles. The third-order valence-corrected chi connectivity index (χ3v) is 3.77. The monoisotopic (exact) mass is 266 g/mol. The van der Waals surface area contributed by atoms with Gasteiger partial charge in [0, 0.05) is 32.6 Å². The molecule has 0 aromatic rings. The maximum atomic E-state index is 12.3. The molecule has 1 atom stereocenters. The van der Waals surface area contributed by atoms with Gasteiger partial charge in [-0.3, -0.25) is 9.59 Å². The molecule has 0 aromatic carbocycles. The number of hydrogen-bond donors (Lipinski definition) is 1. The molecule has 5 nitrogen and oxygen atoms in total. The summed E-state index contributed by atoms with van der Waals surface area (Å²) in [4.78, 5) is 27.6. The molecule has 0 aromatic heterocycles. The van der Waals surface area contributed by atoms with Gasteiger partial charge in [0.1, 0.15) is 0 Å². The predicted octanol–water partition coefficient (Wildman–Crippen LogP) is 0.252. The number of carbonyl (C=O) groups is 2. The highest BCUT2D eigenvalue weighted by Gasteiger charge is 2.38. The van der Waals surface area contributed by atoms with Crippen molar-refractivity contribution in [2.75, 3.05) is 32.8 Å². The SMILES string of the molecule is C=CCN(CCO)C(=O)C1CC(=O)N(CC2CC2)C1. The minimum atomic E-state index is -0.252. The van der Waals surface area contributed by atoms with E-state index in [4.69, 9.17) is 5.11 Å². The third-order valence-electron chi connectivity index (χ3n) is 3.77. The van der Waals surface area contributed by atoms with Crippen molar-refractivity contribution in [3.05, 3.63) is 12.7 Å². The van der Waals surface area contributed by atoms with Crippen LogP contribution in [-0.4, -0.2) is 59.5 Å². The Kier molecular flexibility index (Phi) is 4.58. The number of nitrogens with zero attached hydrogens (tertiary/aromatic N) is 2. The molecule has 2 fully saturated rings. The van der Waals surface area contributed by atoms with Gasteiger partial charge in [0.05, 0.1) is 12.5 Å². The van der Waals surface area contributed by atoms with Gasteiger partial charge in [-0.1, -0.05) is 6.08 Å². The van der Waals surface area contributed by atoms with Crippen LogP contribution in [0.4, 0.5) is 0 Å². The van der Waals surface area contributed by atoms with Gasteiger partial charge in [-0.25, -0.2) is 0 Å². The topological polar surface area (TPSA) is 60.9 Å². The Bertz CT molecular complexity index is 366. The quantitative estimate of drug-likeness (QED) is 0.672. The van der Waals surface area contributed by atoms with Gasteiger partial charge in [-0.05, 0) is 18.8 Å². The zero-order chi connectivity index (χ0) is 13.8. The van der Waals surface area contributed by atoms with E-state index in [-0.39, 0.29) is 24.3 Å². The van der Waals surface area contributed by atoms with E-state index in [1.807, 2.05) is 4.90 Å². The lowest BCUT2D eigenvalue weighted by atomic mass is 10.1. The molecule has 2 rings (SSSR count). The van der Waals surface area contributed by atoms with Gasteiger partial charge < -0.3 is 14.9 Å². The Hall–Kier alpha value is -1.36. The summed E-state index contributed by atoms with van der Waals surface area (Å²) in [5, 5.41) is 8.98. The van der Waals surface area contributed by atoms with Gasteiger partial charge >= 0.3 is 0 Å². The molecule has 1 aliphatic carbocycles. The first-order valence-electron chi connectivity index (χ1n) is 6.94. The molecule has 1 saturated heterocycles. The van der Waals surface area contributed by atoms with Gasteiger partial charge in [0.25, 0.3) is 0 Å². The van der Waals surface area contributed by atoms with E-state index in [0.717, 1.165) is 6.54 Å². The summed E-state index contributed by atoms with van der Waals surface area (Å²) in [5.74, 6) is 0.450. The summed E-state index contributed by atoms with van der Waals surface area (Å²) in [6.07, 6.45) is 4.36. The van der Waals surface area contributed by atoms with Crippen molar-refractivity contribution in [2.45, 2.75) is 19.3 Å². The second kappa shape index (κ2) is 6.19. The second-order valence-corrected chi connectivity index (χ2v) is 5.44. The number of carbonyl (C=O) groups excluding carboxylic acids is 2. The first-order chi connectivity index (χ1) is 9.15. The van der Waals surface area contributed by atoms with Gasteiger partial charge in [0.15, 0.2) is 0 Å². The van der Waals surface area contributed by atoms with Crippen molar-refractivity contribution in [1.82, 2.24) is 9.80 Å². The Labute approximate surface area is 113 Å². The van der Waals surface area contributed by atoms with E-state index >= 15 is 0 Å². The minimum absolute atomic E-state index is 0.0411. The predicted molar refractivity (Wildman–Crippen MR) is 71.3 cm³/mol. The van der Waals surface area contributed by atoms with E-state index in [1.54, 1.807) is 11.0 Å². The van der Waals surface area contributed by atoms with Crippen LogP contribution in [-0.2, 0) is 9.59 Å². The molecule has 106 valence electrons. The van der Waals surface area contributed by atoms with Crippen molar-refractivity contribution in [3.63, 3.8) is 0 Å². The number of aliphatic hydroxyl groups is 1. The molecule has 0 bridgehead atoms. The number of aliphatic hydroxyl groups excluding tert-OH is 1. The Morgan fingerprint density at radius 3 is 2.84 bits per heavy atom. The van der Waals surface area contributed by atoms with Crippen molar-refractivity contribution in [2.24, 2.45) is 11.8 Å². The van der Waals surface area contributed by atoms with Gasteiger partial charge in [0.2, 0.25) is 11.8 Å². The Morgan fingerprint density at radius 2 is 2.26 bits per heavy atom. The van der Waals surface area contributed by atoms with Crippen LogP contribution in [0.3, 0.4) is 0 Å². The smallest absolute Gasteiger partial charge is 0.228 e. The van der Waals surface area contributed by atoms with Crippen LogP contribution in [0, 0.1) is 11.8 Å². The van der Waals surface area contributed by atoms with Crippen LogP contribution in [0.25, 0.3) is 0 Å². The molecule has 2 aliphatic rings. The highest BCUT2D eigenvalue weighted by atomic mass is 16.3. The maximum Gasteiger partial charge on any atom is 0.228 e. The first kappa shape index (κ1) is 14.1. The summed E-state index contributed by atoms with van der Waals surface area (Å²) >= 11 is 0. The Morgan fingerprint density at radius 1 is 1.53 bits per heavy atom. The molecule has 1 heterocycles. The van der Waals surface area contributed by atoms with E-state index in [0.29, 0.717) is 32.0 Å². The van der Waals surface area contributed by atoms with Crippen LogP contribution in [0.2, 0.25) is 0 Å². The molecule has 1 aliphatic heterocycles. The van der Waals surface area contributed by atoms with Gasteiger partial charge in [-0.15, -0.1) is 6.58 Å². The third kappa shape index (κ3) is 3.56. The molecular weight excluding hydrogens is 244 g/mol. The second-order valence-electron chi connectivity index (χ2n) is 5.44. The Balaban J connectivity index is 1.91. The zero-order valence-corrected chi connectivity index (χ0v) is 11.3. The van der Waals surface area contributed by atoms with E-state index in [1.165, 1.54) is 12.8 Å². The van der Waals surface area contributed by atoms with E-state index < -0.39 is 0 Å². The highest BCUT2D eigenvalue weighted by molar-refractivity contribution is 5.89. The zero-order valence-electron chi connectivity index (χ0n) is 11.3. The molecular formula is C14H22N2O3. The van der Waals surface area contributed by atoms with Crippen LogP contribution in [0.1, 0.15) is 19.3 Å². The van der Waals surface area contributed by atoms with E-state index in [9.17, 15) is 9.59 Å². The molecule has 2 amide bonds. The number of hydrogen-bond acceptors (Lipinski definition) is 3. The summed E-state index contributed by atoms with van der Waals surface area (Å²) in [6, 6.07) is 0. The van der Waals surface area contributed by atoms with E-state index in [2.05, 4.69) is 6.58 Å². The number of likely N-dealkylation sites (tertiary alicyclic amines) is 1. The average molecular weight is 266 g/mol. The fraction of sp³-hybridized carbons (Fsp3) is 0.714. The molecule has 19 heavy (non-hydrogen) atoms.